The second-order valence-electron chi connectivity index (χ2n) is 4.78. The van der Waals surface area contributed by atoms with Gasteiger partial charge >= 0.3 is 12.0 Å². The molecule has 0 aliphatic carbocycles. The van der Waals surface area contributed by atoms with Gasteiger partial charge in [-0.05, 0) is 12.1 Å². The molecule has 21 heavy (non-hydrogen) atoms. The Morgan fingerprint density at radius 3 is 2.90 bits per heavy atom. The summed E-state index contributed by atoms with van der Waals surface area (Å²) in [6, 6.07) is 6.94. The largest absolute Gasteiger partial charge is 0.487 e. The molecular formula is C14H17ClN2O4. The Labute approximate surface area is 127 Å². The van der Waals surface area contributed by atoms with Crippen LogP contribution in [0.4, 0.5) is 4.79 Å². The molecule has 1 unspecified atom stereocenters. The van der Waals surface area contributed by atoms with E-state index in [4.69, 9.17) is 21.4 Å². The molecule has 2 rings (SSSR count). The van der Waals surface area contributed by atoms with Gasteiger partial charge in [-0.3, -0.25) is 4.79 Å². The number of carbonyl (C=O) groups excluding carboxylic acids is 1. The van der Waals surface area contributed by atoms with Crippen molar-refractivity contribution in [3.63, 3.8) is 0 Å². The number of rotatable bonds is 5. The Hall–Kier alpha value is -1.95. The summed E-state index contributed by atoms with van der Waals surface area (Å²) < 4.78 is 5.78. The van der Waals surface area contributed by atoms with E-state index >= 15 is 0 Å². The maximum absolute atomic E-state index is 11.8. The molecule has 1 atom stereocenters. The van der Waals surface area contributed by atoms with E-state index in [1.54, 1.807) is 17.0 Å². The highest BCUT2D eigenvalue weighted by Crippen LogP contribution is 2.26. The molecule has 1 heterocycles. The summed E-state index contributed by atoms with van der Waals surface area (Å²) >= 11 is 6.03. The number of hydrogen-bond acceptors (Lipinski definition) is 3. The van der Waals surface area contributed by atoms with Crippen LogP contribution in [-0.2, 0) is 4.79 Å². The number of carboxylic acids is 1. The highest BCUT2D eigenvalue weighted by molar-refractivity contribution is 6.32. The number of amides is 2. The van der Waals surface area contributed by atoms with E-state index in [0.29, 0.717) is 23.9 Å². The van der Waals surface area contributed by atoms with Gasteiger partial charge in [0.05, 0.1) is 18.0 Å². The molecule has 1 aromatic rings. The first kappa shape index (κ1) is 15.4. The van der Waals surface area contributed by atoms with Crippen molar-refractivity contribution in [2.24, 2.45) is 0 Å². The van der Waals surface area contributed by atoms with Crippen LogP contribution in [0.2, 0.25) is 5.02 Å². The van der Waals surface area contributed by atoms with Crippen molar-refractivity contribution >= 4 is 23.6 Å². The zero-order valence-electron chi connectivity index (χ0n) is 11.4. The molecule has 0 aromatic heterocycles. The fraction of sp³-hybridized carbons (Fsp3) is 0.429. The van der Waals surface area contributed by atoms with Gasteiger partial charge in [0.2, 0.25) is 0 Å². The summed E-state index contributed by atoms with van der Waals surface area (Å²) in [7, 11) is 0. The van der Waals surface area contributed by atoms with E-state index in [0.717, 1.165) is 6.42 Å². The van der Waals surface area contributed by atoms with Crippen LogP contribution in [0.1, 0.15) is 12.8 Å². The van der Waals surface area contributed by atoms with E-state index in [1.165, 1.54) is 0 Å². The van der Waals surface area contributed by atoms with Crippen molar-refractivity contribution in [2.75, 3.05) is 19.6 Å². The normalized spacial score (nSPS) is 17.6. The maximum atomic E-state index is 11.8. The molecule has 1 aliphatic heterocycles. The molecule has 1 fully saturated rings. The molecule has 114 valence electrons. The Morgan fingerprint density at radius 1 is 1.43 bits per heavy atom. The topological polar surface area (TPSA) is 78.9 Å². The summed E-state index contributed by atoms with van der Waals surface area (Å²) in [6.07, 6.45) is 0.534. The number of para-hydroxylation sites is 1. The fourth-order valence-corrected chi connectivity index (χ4v) is 2.30. The van der Waals surface area contributed by atoms with Gasteiger partial charge in [-0.2, -0.15) is 0 Å². The molecule has 0 saturated carbocycles. The first-order valence-corrected chi connectivity index (χ1v) is 7.10. The van der Waals surface area contributed by atoms with Gasteiger partial charge in [0.1, 0.15) is 11.9 Å². The standard InChI is InChI=1S/C14H17ClN2O4/c15-11-3-1-2-4-12(11)21-10-6-8-17(9-10)14(20)16-7-5-13(18)19/h1-4,10H,5-9H2,(H,16,20)(H,18,19). The lowest BCUT2D eigenvalue weighted by atomic mass is 10.3. The minimum Gasteiger partial charge on any atom is -0.487 e. The molecule has 2 amide bonds. The third kappa shape index (κ3) is 4.53. The molecule has 7 heteroatoms. The van der Waals surface area contributed by atoms with Gasteiger partial charge in [0, 0.05) is 19.5 Å². The van der Waals surface area contributed by atoms with Gasteiger partial charge in [0.25, 0.3) is 0 Å². The molecular weight excluding hydrogens is 296 g/mol. The number of likely N-dealkylation sites (tertiary alicyclic amines) is 1. The van der Waals surface area contributed by atoms with E-state index in [-0.39, 0.29) is 25.1 Å². The molecule has 1 aliphatic rings. The third-order valence-electron chi connectivity index (χ3n) is 3.18. The number of urea groups is 1. The second-order valence-corrected chi connectivity index (χ2v) is 5.19. The number of benzene rings is 1. The number of hydrogen-bond donors (Lipinski definition) is 2. The minimum atomic E-state index is -0.934. The zero-order valence-corrected chi connectivity index (χ0v) is 12.2. The van der Waals surface area contributed by atoms with Crippen molar-refractivity contribution in [3.05, 3.63) is 29.3 Å². The highest BCUT2D eigenvalue weighted by Gasteiger charge is 2.27. The Morgan fingerprint density at radius 2 is 2.19 bits per heavy atom. The van der Waals surface area contributed by atoms with Crippen molar-refractivity contribution in [1.82, 2.24) is 10.2 Å². The lowest BCUT2D eigenvalue weighted by Gasteiger charge is -2.18. The molecule has 1 saturated heterocycles. The predicted molar refractivity (Wildman–Crippen MR) is 77.7 cm³/mol. The Balaban J connectivity index is 1.79. The lowest BCUT2D eigenvalue weighted by Crippen LogP contribution is -2.40. The highest BCUT2D eigenvalue weighted by atomic mass is 35.5. The number of carbonyl (C=O) groups is 2. The molecule has 2 N–H and O–H groups in total. The summed E-state index contributed by atoms with van der Waals surface area (Å²) in [5, 5.41) is 11.6. The minimum absolute atomic E-state index is 0.0842. The number of nitrogens with zero attached hydrogens (tertiary/aromatic N) is 1. The Kier molecular flexibility index (Phi) is 5.27. The molecule has 0 bridgehead atoms. The van der Waals surface area contributed by atoms with Crippen LogP contribution in [0.5, 0.6) is 5.75 Å². The van der Waals surface area contributed by atoms with Gasteiger partial charge in [0.15, 0.2) is 0 Å². The number of halogens is 1. The zero-order chi connectivity index (χ0) is 15.2. The number of carboxylic acid groups (broad SMARTS) is 1. The third-order valence-corrected chi connectivity index (χ3v) is 3.49. The SMILES string of the molecule is O=C(O)CCNC(=O)N1CCC(Oc2ccccc2Cl)C1. The van der Waals surface area contributed by atoms with E-state index in [1.807, 2.05) is 12.1 Å². The average Bonchev–Trinajstić information content (AvgIpc) is 2.89. The van der Waals surface area contributed by atoms with Crippen LogP contribution in [0, 0.1) is 0 Å². The number of aliphatic carboxylic acids is 1. The van der Waals surface area contributed by atoms with Crippen LogP contribution in [-0.4, -0.2) is 47.7 Å². The monoisotopic (exact) mass is 312 g/mol. The van der Waals surface area contributed by atoms with Crippen LogP contribution in [0.15, 0.2) is 24.3 Å². The lowest BCUT2D eigenvalue weighted by molar-refractivity contribution is -0.136. The van der Waals surface area contributed by atoms with Gasteiger partial charge in [-0.25, -0.2) is 4.79 Å². The smallest absolute Gasteiger partial charge is 0.317 e. The first-order valence-electron chi connectivity index (χ1n) is 6.72. The van der Waals surface area contributed by atoms with Crippen molar-refractivity contribution < 1.29 is 19.4 Å². The van der Waals surface area contributed by atoms with Gasteiger partial charge in [-0.1, -0.05) is 23.7 Å². The summed E-state index contributed by atoms with van der Waals surface area (Å²) in [5.74, 6) is -0.325. The average molecular weight is 313 g/mol. The van der Waals surface area contributed by atoms with Gasteiger partial charge < -0.3 is 20.1 Å². The number of ether oxygens (including phenoxy) is 1. The summed E-state index contributed by atoms with van der Waals surface area (Å²) in [5.41, 5.74) is 0. The van der Waals surface area contributed by atoms with E-state index < -0.39 is 5.97 Å². The summed E-state index contributed by atoms with van der Waals surface area (Å²) in [6.45, 7) is 1.17. The van der Waals surface area contributed by atoms with Crippen molar-refractivity contribution in [3.8, 4) is 5.75 Å². The molecule has 0 radical (unpaired) electrons. The fourth-order valence-electron chi connectivity index (χ4n) is 2.12. The van der Waals surface area contributed by atoms with Crippen molar-refractivity contribution in [2.45, 2.75) is 18.9 Å². The molecule has 6 nitrogen and oxygen atoms in total. The predicted octanol–water partition coefficient (Wildman–Crippen LogP) is 1.98. The summed E-state index contributed by atoms with van der Waals surface area (Å²) in [4.78, 5) is 23.8. The first-order chi connectivity index (χ1) is 10.1. The van der Waals surface area contributed by atoms with Crippen LogP contribution in [0.3, 0.4) is 0 Å². The quantitative estimate of drug-likeness (QED) is 0.871. The van der Waals surface area contributed by atoms with Gasteiger partial charge in [-0.15, -0.1) is 0 Å². The van der Waals surface area contributed by atoms with E-state index in [9.17, 15) is 9.59 Å². The Bertz CT molecular complexity index is 523. The molecule has 1 aromatic carbocycles. The van der Waals surface area contributed by atoms with Crippen LogP contribution < -0.4 is 10.1 Å². The second kappa shape index (κ2) is 7.17. The van der Waals surface area contributed by atoms with Crippen molar-refractivity contribution in [1.29, 1.82) is 0 Å². The van der Waals surface area contributed by atoms with Crippen LogP contribution >= 0.6 is 11.6 Å². The van der Waals surface area contributed by atoms with E-state index in [2.05, 4.69) is 5.32 Å². The maximum Gasteiger partial charge on any atom is 0.317 e. The van der Waals surface area contributed by atoms with Crippen LogP contribution in [0.25, 0.3) is 0 Å². The number of nitrogens with one attached hydrogen (secondary N) is 1. The molecule has 0 spiro atoms.